The fourth-order valence-electron chi connectivity index (χ4n) is 4.71. The topological polar surface area (TPSA) is 79.1 Å². The van der Waals surface area contributed by atoms with Crippen LogP contribution in [0.3, 0.4) is 0 Å². The Morgan fingerprint density at radius 1 is 1.22 bits per heavy atom. The first-order valence-corrected chi connectivity index (χ1v) is 11.9. The molecule has 2 aromatic heterocycles. The predicted molar refractivity (Wildman–Crippen MR) is 137 cm³/mol. The van der Waals surface area contributed by atoms with Crippen molar-refractivity contribution in [2.24, 2.45) is 4.99 Å². The Hall–Kier alpha value is -4.33. The van der Waals surface area contributed by atoms with Crippen LogP contribution < -0.4 is 5.32 Å². The average molecular weight is 484 g/mol. The minimum Gasteiger partial charge on any atom is -0.342 e. The van der Waals surface area contributed by atoms with E-state index >= 15 is 0 Å². The molecule has 36 heavy (non-hydrogen) atoms. The maximum atomic E-state index is 13.3. The van der Waals surface area contributed by atoms with Gasteiger partial charge in [-0.05, 0) is 54.0 Å². The number of amidine groups is 1. The highest BCUT2D eigenvalue weighted by Gasteiger charge is 2.29. The predicted octanol–water partition coefficient (Wildman–Crippen LogP) is 4.79. The van der Waals surface area contributed by atoms with Gasteiger partial charge in [-0.1, -0.05) is 18.2 Å². The number of allylic oxidation sites excluding steroid dienone is 2. The number of carbonyl (C=O) groups is 2. The maximum absolute atomic E-state index is 13.3. The minimum atomic E-state index is -0.380. The number of aliphatic imine (C=N–C) groups is 1. The number of hydrogen-bond acceptors (Lipinski definition) is 4. The van der Waals surface area contributed by atoms with Crippen LogP contribution in [0.5, 0.6) is 0 Å². The summed E-state index contributed by atoms with van der Waals surface area (Å²) in [5.41, 5.74) is 4.63. The Morgan fingerprint density at radius 3 is 2.86 bits per heavy atom. The standard InChI is InChI=1S/C28H26FN5O2/c1-2-3-27(35)33-15-12-21(17-33)23-16-25(34-18-30-13-11-24(23)34)19-4-6-20(7-5-19)28(36)32-26-9-8-22(29)10-14-31-26/h2,4-8,10-11,13-14,16,18,21H,1,3,9,12,15,17H2,(H,31,32,36). The summed E-state index contributed by atoms with van der Waals surface area (Å²) in [7, 11) is 0. The molecule has 5 rings (SSSR count). The molecule has 4 heterocycles. The van der Waals surface area contributed by atoms with Gasteiger partial charge in [-0.2, -0.15) is 0 Å². The largest absolute Gasteiger partial charge is 0.342 e. The number of benzene rings is 1. The van der Waals surface area contributed by atoms with Crippen LogP contribution in [-0.2, 0) is 4.79 Å². The highest BCUT2D eigenvalue weighted by molar-refractivity contribution is 6.07. The van der Waals surface area contributed by atoms with Gasteiger partial charge < -0.3 is 14.6 Å². The first kappa shape index (κ1) is 23.4. The molecular weight excluding hydrogens is 457 g/mol. The van der Waals surface area contributed by atoms with Gasteiger partial charge in [0, 0.05) is 49.8 Å². The van der Waals surface area contributed by atoms with Crippen molar-refractivity contribution in [3.63, 3.8) is 0 Å². The zero-order chi connectivity index (χ0) is 25.1. The summed E-state index contributed by atoms with van der Waals surface area (Å²) in [4.78, 5) is 35.3. The molecule has 1 unspecified atom stereocenters. The third kappa shape index (κ3) is 4.75. The van der Waals surface area contributed by atoms with Crippen LogP contribution in [0.25, 0.3) is 16.8 Å². The van der Waals surface area contributed by atoms with Crippen LogP contribution in [0, 0.1) is 0 Å². The molecule has 0 spiro atoms. The normalized spacial score (nSPS) is 17.5. The van der Waals surface area contributed by atoms with E-state index < -0.39 is 0 Å². The number of halogens is 1. The number of rotatable bonds is 5. The third-order valence-electron chi connectivity index (χ3n) is 6.56. The first-order valence-electron chi connectivity index (χ1n) is 11.9. The molecule has 182 valence electrons. The van der Waals surface area contributed by atoms with Crippen molar-refractivity contribution in [2.75, 3.05) is 13.1 Å². The number of fused-ring (bicyclic) bond motifs is 1. The van der Waals surface area contributed by atoms with Gasteiger partial charge in [0.05, 0.1) is 17.5 Å². The number of nitrogens with one attached hydrogen (secondary N) is 1. The first-order chi connectivity index (χ1) is 17.5. The van der Waals surface area contributed by atoms with E-state index in [1.54, 1.807) is 30.7 Å². The van der Waals surface area contributed by atoms with E-state index in [1.165, 1.54) is 23.9 Å². The van der Waals surface area contributed by atoms with Crippen molar-refractivity contribution in [3.8, 4) is 11.3 Å². The van der Waals surface area contributed by atoms with Crippen LogP contribution in [0.1, 0.15) is 41.1 Å². The fourth-order valence-corrected chi connectivity index (χ4v) is 4.71. The van der Waals surface area contributed by atoms with E-state index in [4.69, 9.17) is 0 Å². The molecule has 0 bridgehead atoms. The van der Waals surface area contributed by atoms with Crippen molar-refractivity contribution in [1.29, 1.82) is 0 Å². The zero-order valence-corrected chi connectivity index (χ0v) is 19.7. The van der Waals surface area contributed by atoms with Gasteiger partial charge in [-0.3, -0.25) is 9.59 Å². The van der Waals surface area contributed by atoms with Gasteiger partial charge in [-0.25, -0.2) is 14.4 Å². The molecule has 3 aromatic rings. The summed E-state index contributed by atoms with van der Waals surface area (Å²) in [6, 6.07) is 11.5. The van der Waals surface area contributed by atoms with Gasteiger partial charge in [0.1, 0.15) is 11.7 Å². The van der Waals surface area contributed by atoms with Gasteiger partial charge in [-0.15, -0.1) is 6.58 Å². The fraction of sp³-hybridized carbons (Fsp3) is 0.214. The van der Waals surface area contributed by atoms with E-state index in [0.717, 1.165) is 29.7 Å². The smallest absolute Gasteiger partial charge is 0.256 e. The molecule has 7 nitrogen and oxygen atoms in total. The second kappa shape index (κ2) is 10.1. The highest BCUT2D eigenvalue weighted by atomic mass is 19.1. The number of nitrogens with zero attached hydrogens (tertiary/aromatic N) is 4. The molecule has 0 radical (unpaired) electrons. The number of likely N-dealkylation sites (tertiary alicyclic amines) is 1. The second-order valence-electron chi connectivity index (χ2n) is 8.85. The van der Waals surface area contributed by atoms with Crippen molar-refractivity contribution in [3.05, 3.63) is 96.9 Å². The monoisotopic (exact) mass is 483 g/mol. The molecule has 1 aromatic carbocycles. The van der Waals surface area contributed by atoms with E-state index in [1.807, 2.05) is 27.5 Å². The maximum Gasteiger partial charge on any atom is 0.256 e. The average Bonchev–Trinajstić information content (AvgIpc) is 3.47. The van der Waals surface area contributed by atoms with E-state index in [-0.39, 0.29) is 30.0 Å². The molecule has 0 aliphatic carbocycles. The lowest BCUT2D eigenvalue weighted by molar-refractivity contribution is -0.129. The molecule has 1 fully saturated rings. The Bertz CT molecular complexity index is 1410. The van der Waals surface area contributed by atoms with Crippen molar-refractivity contribution < 1.29 is 14.0 Å². The SMILES string of the molecule is C=CCC(=O)N1CCC(c2cc(-c3ccc(C(=O)NC4=NC=CC(F)=CC4)cc3)n3cnccc23)C1. The minimum absolute atomic E-state index is 0.110. The molecule has 8 heteroatoms. The molecule has 0 saturated carbocycles. The van der Waals surface area contributed by atoms with Gasteiger partial charge in [0.2, 0.25) is 5.91 Å². The summed E-state index contributed by atoms with van der Waals surface area (Å²) in [5.74, 6) is 0.0526. The molecule has 2 aliphatic heterocycles. The van der Waals surface area contributed by atoms with Crippen LogP contribution in [-0.4, -0.2) is 45.0 Å². The molecule has 1 saturated heterocycles. The molecule has 2 aliphatic rings. The Morgan fingerprint density at radius 2 is 2.06 bits per heavy atom. The van der Waals surface area contributed by atoms with Gasteiger partial charge in [0.25, 0.3) is 5.91 Å². The molecule has 2 amide bonds. The highest BCUT2D eigenvalue weighted by Crippen LogP contribution is 2.35. The molecular formula is C28H26FN5O2. The van der Waals surface area contributed by atoms with Crippen molar-refractivity contribution >= 4 is 23.2 Å². The summed E-state index contributed by atoms with van der Waals surface area (Å²) < 4.78 is 15.4. The lowest BCUT2D eigenvalue weighted by Gasteiger charge is -2.15. The summed E-state index contributed by atoms with van der Waals surface area (Å²) >= 11 is 0. The third-order valence-corrected chi connectivity index (χ3v) is 6.56. The van der Waals surface area contributed by atoms with Crippen LogP contribution >= 0.6 is 0 Å². The Kier molecular flexibility index (Phi) is 6.58. The number of carbonyl (C=O) groups excluding carboxylic acids is 2. The van der Waals surface area contributed by atoms with Crippen molar-refractivity contribution in [2.45, 2.75) is 25.2 Å². The van der Waals surface area contributed by atoms with Crippen LogP contribution in [0.2, 0.25) is 0 Å². The zero-order valence-electron chi connectivity index (χ0n) is 19.7. The lowest BCUT2D eigenvalue weighted by Crippen LogP contribution is -2.29. The van der Waals surface area contributed by atoms with Gasteiger partial charge >= 0.3 is 0 Å². The molecule has 1 atom stereocenters. The number of hydrogen-bond donors (Lipinski definition) is 1. The second-order valence-corrected chi connectivity index (χ2v) is 8.85. The summed E-state index contributed by atoms with van der Waals surface area (Å²) in [5, 5.41) is 2.74. The number of aromatic nitrogens is 2. The summed E-state index contributed by atoms with van der Waals surface area (Å²) in [6.45, 7) is 5.10. The Balaban J connectivity index is 1.37. The van der Waals surface area contributed by atoms with Crippen molar-refractivity contribution in [1.82, 2.24) is 19.6 Å². The molecule has 1 N–H and O–H groups in total. The van der Waals surface area contributed by atoms with E-state index in [0.29, 0.717) is 24.4 Å². The van der Waals surface area contributed by atoms with Crippen LogP contribution in [0.15, 0.2) is 90.7 Å². The summed E-state index contributed by atoms with van der Waals surface area (Å²) in [6.07, 6.45) is 10.6. The number of amides is 2. The Labute approximate surface area is 208 Å². The van der Waals surface area contributed by atoms with Crippen LogP contribution in [0.4, 0.5) is 4.39 Å². The van der Waals surface area contributed by atoms with Gasteiger partial charge in [0.15, 0.2) is 0 Å². The van der Waals surface area contributed by atoms with E-state index in [2.05, 4.69) is 27.9 Å². The lowest BCUT2D eigenvalue weighted by atomic mass is 9.98. The quantitative estimate of drug-likeness (QED) is 0.530. The van der Waals surface area contributed by atoms with E-state index in [9.17, 15) is 14.0 Å².